The van der Waals surface area contributed by atoms with Crippen LogP contribution in [0.4, 0.5) is 10.1 Å². The number of carbonyl (C=O) groups is 1. The minimum absolute atomic E-state index is 0.0904. The molecule has 0 unspecified atom stereocenters. The highest BCUT2D eigenvalue weighted by Crippen LogP contribution is 2.19. The Hall–Kier alpha value is -2.07. The van der Waals surface area contributed by atoms with Crippen LogP contribution in [0.2, 0.25) is 5.02 Å². The normalized spacial score (nSPS) is 10.2. The number of rotatable bonds is 4. The third kappa shape index (κ3) is 3.27. The third-order valence-corrected chi connectivity index (χ3v) is 3.09. The highest BCUT2D eigenvalue weighted by Gasteiger charge is 2.08. The second-order valence-electron chi connectivity index (χ2n) is 4.14. The molecule has 0 saturated carbocycles. The lowest BCUT2D eigenvalue weighted by Crippen LogP contribution is -2.05. The van der Waals surface area contributed by atoms with E-state index in [-0.39, 0.29) is 11.6 Å². The zero-order valence-electron chi connectivity index (χ0n) is 10.8. The number of hydrogen-bond donors (Lipinski definition) is 1. The average molecular weight is 294 g/mol. The molecule has 0 heterocycles. The number of esters is 1. The van der Waals surface area contributed by atoms with Crippen molar-refractivity contribution in [2.24, 2.45) is 0 Å². The molecule has 0 saturated heterocycles. The van der Waals surface area contributed by atoms with Gasteiger partial charge in [-0.25, -0.2) is 9.18 Å². The lowest BCUT2D eigenvalue weighted by molar-refractivity contribution is 0.0601. The predicted octanol–water partition coefficient (Wildman–Crippen LogP) is 3.88. The first-order valence-electron chi connectivity index (χ1n) is 5.97. The first-order valence-corrected chi connectivity index (χ1v) is 6.34. The fourth-order valence-electron chi connectivity index (χ4n) is 1.76. The highest BCUT2D eigenvalue weighted by atomic mass is 35.5. The molecule has 0 amide bonds. The number of ether oxygens (including phenoxy) is 1. The number of benzene rings is 2. The molecule has 20 heavy (non-hydrogen) atoms. The van der Waals surface area contributed by atoms with Gasteiger partial charge in [0.2, 0.25) is 0 Å². The van der Waals surface area contributed by atoms with Crippen LogP contribution < -0.4 is 5.32 Å². The van der Waals surface area contributed by atoms with E-state index in [0.29, 0.717) is 16.8 Å². The van der Waals surface area contributed by atoms with Crippen molar-refractivity contribution in [3.8, 4) is 0 Å². The Morgan fingerprint density at radius 3 is 2.80 bits per heavy atom. The van der Waals surface area contributed by atoms with E-state index in [9.17, 15) is 9.18 Å². The zero-order chi connectivity index (χ0) is 14.5. The molecule has 2 aromatic rings. The van der Waals surface area contributed by atoms with Crippen molar-refractivity contribution in [2.45, 2.75) is 6.54 Å². The summed E-state index contributed by atoms with van der Waals surface area (Å²) in [7, 11) is 1.32. The van der Waals surface area contributed by atoms with E-state index in [2.05, 4.69) is 10.1 Å². The molecule has 2 aromatic carbocycles. The lowest BCUT2D eigenvalue weighted by atomic mass is 10.1. The third-order valence-electron chi connectivity index (χ3n) is 2.80. The minimum atomic E-state index is -0.439. The van der Waals surface area contributed by atoms with Gasteiger partial charge in [0.1, 0.15) is 5.82 Å². The highest BCUT2D eigenvalue weighted by molar-refractivity contribution is 6.30. The van der Waals surface area contributed by atoms with Gasteiger partial charge in [-0.1, -0.05) is 29.8 Å². The standard InChI is InChI=1S/C15H13ClFNO2/c1-20-15(19)10-4-2-6-12(8-10)18-9-11-5-3-7-13(16)14(11)17/h2-8,18H,9H2,1H3. The van der Waals surface area contributed by atoms with Crippen molar-refractivity contribution >= 4 is 23.3 Å². The fraction of sp³-hybridized carbons (Fsp3) is 0.133. The van der Waals surface area contributed by atoms with E-state index in [1.165, 1.54) is 13.2 Å². The monoisotopic (exact) mass is 293 g/mol. The van der Waals surface area contributed by atoms with Gasteiger partial charge in [0.25, 0.3) is 0 Å². The molecule has 3 nitrogen and oxygen atoms in total. The quantitative estimate of drug-likeness (QED) is 0.870. The Morgan fingerprint density at radius 2 is 2.05 bits per heavy atom. The Labute approximate surface area is 121 Å². The van der Waals surface area contributed by atoms with E-state index < -0.39 is 11.8 Å². The van der Waals surface area contributed by atoms with Crippen LogP contribution in [0.15, 0.2) is 42.5 Å². The topological polar surface area (TPSA) is 38.3 Å². The summed E-state index contributed by atoms with van der Waals surface area (Å²) in [5.41, 5.74) is 1.59. The number of nitrogens with one attached hydrogen (secondary N) is 1. The van der Waals surface area contributed by atoms with E-state index in [1.54, 1.807) is 36.4 Å². The molecule has 0 aliphatic heterocycles. The number of halogens is 2. The molecule has 0 fully saturated rings. The molecule has 0 aliphatic carbocycles. The summed E-state index contributed by atoms with van der Waals surface area (Å²) in [6, 6.07) is 11.6. The molecule has 0 radical (unpaired) electrons. The maximum absolute atomic E-state index is 13.7. The molecule has 2 rings (SSSR count). The summed E-state index contributed by atoms with van der Waals surface area (Å²) >= 11 is 5.72. The Kier molecular flexibility index (Phi) is 4.58. The first kappa shape index (κ1) is 14.3. The van der Waals surface area contributed by atoms with E-state index in [0.717, 1.165) is 0 Å². The van der Waals surface area contributed by atoms with Gasteiger partial charge in [0, 0.05) is 17.8 Å². The summed E-state index contributed by atoms with van der Waals surface area (Å²) in [4.78, 5) is 11.4. The van der Waals surface area contributed by atoms with Crippen molar-refractivity contribution < 1.29 is 13.9 Å². The van der Waals surface area contributed by atoms with Crippen molar-refractivity contribution in [1.29, 1.82) is 0 Å². The van der Waals surface area contributed by atoms with Gasteiger partial charge in [-0.15, -0.1) is 0 Å². The molecule has 0 spiro atoms. The summed E-state index contributed by atoms with van der Waals surface area (Å²) in [5, 5.41) is 3.13. The van der Waals surface area contributed by atoms with Gasteiger partial charge in [0.15, 0.2) is 0 Å². The summed E-state index contributed by atoms with van der Waals surface area (Å²) in [5.74, 6) is -0.853. The molecular formula is C15H13ClFNO2. The molecule has 5 heteroatoms. The van der Waals surface area contributed by atoms with Crippen molar-refractivity contribution in [3.05, 3.63) is 64.4 Å². The predicted molar refractivity (Wildman–Crippen MR) is 76.5 cm³/mol. The summed E-state index contributed by atoms with van der Waals surface area (Å²) in [6.07, 6.45) is 0. The van der Waals surface area contributed by atoms with Crippen molar-refractivity contribution in [2.75, 3.05) is 12.4 Å². The second-order valence-corrected chi connectivity index (χ2v) is 4.55. The molecule has 0 atom stereocenters. The largest absolute Gasteiger partial charge is 0.465 e. The molecular weight excluding hydrogens is 281 g/mol. The molecule has 0 aliphatic rings. The van der Waals surface area contributed by atoms with Gasteiger partial charge >= 0.3 is 5.97 Å². The van der Waals surface area contributed by atoms with Gasteiger partial charge < -0.3 is 10.1 Å². The SMILES string of the molecule is COC(=O)c1cccc(NCc2cccc(Cl)c2F)c1. The van der Waals surface area contributed by atoms with Gasteiger partial charge in [-0.2, -0.15) is 0 Å². The molecule has 0 aromatic heterocycles. The number of methoxy groups -OCH3 is 1. The Balaban J connectivity index is 2.11. The minimum Gasteiger partial charge on any atom is -0.465 e. The van der Waals surface area contributed by atoms with Crippen molar-refractivity contribution in [3.63, 3.8) is 0 Å². The summed E-state index contributed by atoms with van der Waals surface area (Å²) in [6.45, 7) is 0.275. The first-order chi connectivity index (χ1) is 9.61. The van der Waals surface area contributed by atoms with Crippen LogP contribution in [0.25, 0.3) is 0 Å². The maximum atomic E-state index is 13.7. The number of anilines is 1. The van der Waals surface area contributed by atoms with Crippen LogP contribution in [-0.2, 0) is 11.3 Å². The number of carbonyl (C=O) groups excluding carboxylic acids is 1. The Bertz CT molecular complexity index is 631. The van der Waals surface area contributed by atoms with Crippen LogP contribution in [0.5, 0.6) is 0 Å². The van der Waals surface area contributed by atoms with Gasteiger partial charge in [-0.3, -0.25) is 0 Å². The lowest BCUT2D eigenvalue weighted by Gasteiger charge is -2.09. The summed E-state index contributed by atoms with van der Waals surface area (Å²) < 4.78 is 18.4. The van der Waals surface area contributed by atoms with Crippen LogP contribution in [0.1, 0.15) is 15.9 Å². The van der Waals surface area contributed by atoms with E-state index in [4.69, 9.17) is 11.6 Å². The molecule has 1 N–H and O–H groups in total. The van der Waals surface area contributed by atoms with Crippen LogP contribution >= 0.6 is 11.6 Å². The van der Waals surface area contributed by atoms with Gasteiger partial charge in [-0.05, 0) is 24.3 Å². The van der Waals surface area contributed by atoms with Gasteiger partial charge in [0.05, 0.1) is 17.7 Å². The smallest absolute Gasteiger partial charge is 0.337 e. The fourth-order valence-corrected chi connectivity index (χ4v) is 1.95. The van der Waals surface area contributed by atoms with E-state index in [1.807, 2.05) is 0 Å². The number of hydrogen-bond acceptors (Lipinski definition) is 3. The van der Waals surface area contributed by atoms with Crippen LogP contribution in [-0.4, -0.2) is 13.1 Å². The Morgan fingerprint density at radius 1 is 1.30 bits per heavy atom. The van der Waals surface area contributed by atoms with E-state index >= 15 is 0 Å². The molecule has 104 valence electrons. The average Bonchev–Trinajstić information content (AvgIpc) is 2.48. The van der Waals surface area contributed by atoms with Crippen LogP contribution in [0.3, 0.4) is 0 Å². The second kappa shape index (κ2) is 6.39. The molecule has 0 bridgehead atoms. The van der Waals surface area contributed by atoms with Crippen molar-refractivity contribution in [1.82, 2.24) is 0 Å². The maximum Gasteiger partial charge on any atom is 0.337 e. The van der Waals surface area contributed by atoms with Crippen LogP contribution in [0, 0.1) is 5.82 Å². The zero-order valence-corrected chi connectivity index (χ0v) is 11.6.